The van der Waals surface area contributed by atoms with Crippen LogP contribution in [0.4, 0.5) is 0 Å². The molecule has 0 spiro atoms. The van der Waals surface area contributed by atoms with Crippen molar-refractivity contribution in [2.45, 2.75) is 90.5 Å². The van der Waals surface area contributed by atoms with Gasteiger partial charge in [-0.25, -0.2) is 0 Å². The van der Waals surface area contributed by atoms with Gasteiger partial charge in [0.05, 0.1) is 0 Å². The molecule has 116 valence electrons. The fourth-order valence-corrected chi connectivity index (χ4v) is 5.17. The molecule has 0 bridgehead atoms. The lowest BCUT2D eigenvalue weighted by Crippen LogP contribution is -2.53. The number of carbonyl (C=O) groups is 1. The number of hydrogen-bond donors (Lipinski definition) is 0. The molecular formula is C17H32O2Si. The third-order valence-electron chi connectivity index (χ3n) is 6.26. The lowest BCUT2D eigenvalue weighted by atomic mass is 9.59. The van der Waals surface area contributed by atoms with Crippen LogP contribution in [0, 0.1) is 11.3 Å². The minimum atomic E-state index is -1.73. The molecule has 0 aromatic heterocycles. The number of fused-ring (bicyclic) bond motifs is 1. The van der Waals surface area contributed by atoms with Crippen LogP contribution in [0.3, 0.4) is 0 Å². The summed E-state index contributed by atoms with van der Waals surface area (Å²) in [7, 11) is -1.73. The third-order valence-corrected chi connectivity index (χ3v) is 10.8. The van der Waals surface area contributed by atoms with Gasteiger partial charge in [0, 0.05) is 17.9 Å². The summed E-state index contributed by atoms with van der Waals surface area (Å²) in [4.78, 5) is 12.4. The van der Waals surface area contributed by atoms with E-state index < -0.39 is 8.32 Å². The van der Waals surface area contributed by atoms with Gasteiger partial charge in [-0.05, 0) is 56.2 Å². The minimum Gasteiger partial charge on any atom is -0.414 e. The fraction of sp³-hybridized carbons (Fsp3) is 0.941. The van der Waals surface area contributed by atoms with Crippen LogP contribution in [0.15, 0.2) is 0 Å². The van der Waals surface area contributed by atoms with Gasteiger partial charge in [0.1, 0.15) is 5.78 Å². The molecule has 3 heteroatoms. The van der Waals surface area contributed by atoms with Crippen LogP contribution >= 0.6 is 0 Å². The third kappa shape index (κ3) is 2.76. The molecule has 2 rings (SSSR count). The van der Waals surface area contributed by atoms with Gasteiger partial charge in [-0.1, -0.05) is 27.7 Å². The Morgan fingerprint density at radius 1 is 1.20 bits per heavy atom. The van der Waals surface area contributed by atoms with E-state index in [1.165, 1.54) is 6.42 Å². The maximum atomic E-state index is 12.4. The highest BCUT2D eigenvalue weighted by molar-refractivity contribution is 6.74. The van der Waals surface area contributed by atoms with E-state index in [4.69, 9.17) is 4.43 Å². The Balaban J connectivity index is 2.18. The molecule has 3 atom stereocenters. The average molecular weight is 297 g/mol. The molecule has 0 aromatic rings. The Morgan fingerprint density at radius 3 is 2.45 bits per heavy atom. The fourth-order valence-electron chi connectivity index (χ4n) is 3.78. The molecular weight excluding hydrogens is 264 g/mol. The summed E-state index contributed by atoms with van der Waals surface area (Å²) >= 11 is 0. The summed E-state index contributed by atoms with van der Waals surface area (Å²) in [5, 5.41) is 0.250. The molecule has 2 aliphatic carbocycles. The first kappa shape index (κ1) is 16.2. The van der Waals surface area contributed by atoms with Crippen molar-refractivity contribution in [3.8, 4) is 0 Å². The predicted molar refractivity (Wildman–Crippen MR) is 86.4 cm³/mol. The van der Waals surface area contributed by atoms with E-state index in [9.17, 15) is 4.79 Å². The van der Waals surface area contributed by atoms with Crippen molar-refractivity contribution in [2.75, 3.05) is 0 Å². The van der Waals surface area contributed by atoms with E-state index in [-0.39, 0.29) is 10.5 Å². The molecule has 0 amide bonds. The van der Waals surface area contributed by atoms with E-state index in [0.717, 1.165) is 32.1 Å². The molecule has 0 radical (unpaired) electrons. The molecule has 0 aliphatic heterocycles. The molecule has 2 saturated carbocycles. The van der Waals surface area contributed by atoms with Crippen LogP contribution in [-0.2, 0) is 9.22 Å². The predicted octanol–water partition coefficient (Wildman–Crippen LogP) is 4.94. The highest BCUT2D eigenvalue weighted by Gasteiger charge is 2.51. The number of ketones is 1. The number of hydrogen-bond acceptors (Lipinski definition) is 2. The zero-order chi connectivity index (χ0) is 15.2. The summed E-state index contributed by atoms with van der Waals surface area (Å²) < 4.78 is 6.71. The smallest absolute Gasteiger partial charge is 0.192 e. The zero-order valence-electron chi connectivity index (χ0n) is 14.2. The second kappa shape index (κ2) is 5.24. The molecule has 0 N–H and O–H groups in total. The Bertz CT molecular complexity index is 383. The van der Waals surface area contributed by atoms with Crippen molar-refractivity contribution in [3.63, 3.8) is 0 Å². The van der Waals surface area contributed by atoms with Gasteiger partial charge in [0.25, 0.3) is 0 Å². The Kier molecular flexibility index (Phi) is 4.25. The van der Waals surface area contributed by atoms with Crippen LogP contribution in [-0.4, -0.2) is 20.2 Å². The topological polar surface area (TPSA) is 26.3 Å². The van der Waals surface area contributed by atoms with Crippen molar-refractivity contribution in [2.24, 2.45) is 11.3 Å². The van der Waals surface area contributed by atoms with Gasteiger partial charge in [-0.15, -0.1) is 0 Å². The van der Waals surface area contributed by atoms with Gasteiger partial charge >= 0.3 is 0 Å². The molecule has 0 saturated heterocycles. The molecule has 0 unspecified atom stereocenters. The van der Waals surface area contributed by atoms with Crippen molar-refractivity contribution >= 4 is 14.1 Å². The number of carbonyl (C=O) groups excluding carboxylic acids is 1. The van der Waals surface area contributed by atoms with Crippen molar-refractivity contribution < 1.29 is 9.22 Å². The number of rotatable bonds is 2. The van der Waals surface area contributed by atoms with Crippen LogP contribution < -0.4 is 0 Å². The Morgan fingerprint density at radius 2 is 1.85 bits per heavy atom. The summed E-state index contributed by atoms with van der Waals surface area (Å²) in [6.07, 6.45) is 6.74. The lowest BCUT2D eigenvalue weighted by Gasteiger charge is -2.51. The first-order chi connectivity index (χ1) is 9.08. The molecule has 2 nitrogen and oxygen atoms in total. The molecule has 2 aliphatic rings. The summed E-state index contributed by atoms with van der Waals surface area (Å²) in [6, 6.07) is 0. The molecule has 2 fully saturated rings. The summed E-state index contributed by atoms with van der Waals surface area (Å²) in [6.45, 7) is 13.8. The van der Waals surface area contributed by atoms with Gasteiger partial charge in [-0.3, -0.25) is 4.79 Å². The first-order valence-electron chi connectivity index (χ1n) is 8.29. The molecule has 0 aromatic carbocycles. The SMILES string of the molecule is CC(C)(C)[Si](C)(C)O[C@H]1CCC[C@]2(C)C(=O)CCC[C@@H]12. The van der Waals surface area contributed by atoms with Gasteiger partial charge in [-0.2, -0.15) is 0 Å². The van der Waals surface area contributed by atoms with Crippen molar-refractivity contribution in [1.29, 1.82) is 0 Å². The van der Waals surface area contributed by atoms with E-state index in [1.807, 2.05) is 0 Å². The average Bonchev–Trinajstić information content (AvgIpc) is 2.29. The standard InChI is InChI=1S/C17H32O2Si/c1-16(2,3)20(5,6)19-14-10-8-12-17(4)13(14)9-7-11-15(17)18/h13-14H,7-12H2,1-6H3/t13-,14-,17-/m0/s1. The van der Waals surface area contributed by atoms with Crippen LogP contribution in [0.1, 0.15) is 66.2 Å². The maximum Gasteiger partial charge on any atom is 0.192 e. The van der Waals surface area contributed by atoms with E-state index in [0.29, 0.717) is 17.8 Å². The number of Topliss-reactive ketones (excluding diaryl/α,β-unsaturated/α-hetero) is 1. The van der Waals surface area contributed by atoms with E-state index in [2.05, 4.69) is 40.8 Å². The normalized spacial score (nSPS) is 35.8. The van der Waals surface area contributed by atoms with Gasteiger partial charge < -0.3 is 4.43 Å². The van der Waals surface area contributed by atoms with E-state index >= 15 is 0 Å². The van der Waals surface area contributed by atoms with Crippen molar-refractivity contribution in [1.82, 2.24) is 0 Å². The molecule has 0 heterocycles. The van der Waals surface area contributed by atoms with Crippen LogP contribution in [0.5, 0.6) is 0 Å². The quantitative estimate of drug-likeness (QED) is 0.675. The highest BCUT2D eigenvalue weighted by Crippen LogP contribution is 2.51. The minimum absolute atomic E-state index is 0.0937. The summed E-state index contributed by atoms with van der Waals surface area (Å²) in [5.74, 6) is 0.962. The Hall–Kier alpha value is -0.153. The second-order valence-corrected chi connectivity index (χ2v) is 13.4. The largest absolute Gasteiger partial charge is 0.414 e. The highest BCUT2D eigenvalue weighted by atomic mass is 28.4. The van der Waals surface area contributed by atoms with Crippen LogP contribution in [0.2, 0.25) is 18.1 Å². The first-order valence-corrected chi connectivity index (χ1v) is 11.2. The summed E-state index contributed by atoms with van der Waals surface area (Å²) in [5.41, 5.74) is -0.0937. The van der Waals surface area contributed by atoms with Gasteiger partial charge in [0.2, 0.25) is 0 Å². The zero-order valence-corrected chi connectivity index (χ0v) is 15.2. The van der Waals surface area contributed by atoms with Gasteiger partial charge in [0.15, 0.2) is 8.32 Å². The Labute approximate surface area is 125 Å². The maximum absolute atomic E-state index is 12.4. The van der Waals surface area contributed by atoms with Crippen LogP contribution in [0.25, 0.3) is 0 Å². The van der Waals surface area contributed by atoms with E-state index in [1.54, 1.807) is 0 Å². The monoisotopic (exact) mass is 296 g/mol. The second-order valence-electron chi connectivity index (χ2n) is 8.65. The lowest BCUT2D eigenvalue weighted by molar-refractivity contribution is -0.142. The van der Waals surface area contributed by atoms with Crippen molar-refractivity contribution in [3.05, 3.63) is 0 Å². The molecule has 20 heavy (non-hydrogen) atoms.